The minimum absolute atomic E-state index is 0.0138. The minimum Gasteiger partial charge on any atom is -0.355 e. The number of anilines is 1. The first-order valence-corrected chi connectivity index (χ1v) is 18.8. The smallest absolute Gasteiger partial charge is 0.251 e. The van der Waals surface area contributed by atoms with Gasteiger partial charge in [-0.3, -0.25) is 23.5 Å². The van der Waals surface area contributed by atoms with Crippen LogP contribution in [0.4, 0.5) is 14.5 Å². The summed E-state index contributed by atoms with van der Waals surface area (Å²) < 4.78 is 54.2. The van der Waals surface area contributed by atoms with Crippen molar-refractivity contribution in [2.75, 3.05) is 30.7 Å². The number of sulfonamides is 1. The van der Waals surface area contributed by atoms with Gasteiger partial charge in [-0.05, 0) is 74.6 Å². The normalized spacial score (nSPS) is 13.7. The van der Waals surface area contributed by atoms with E-state index in [-0.39, 0.29) is 47.2 Å². The van der Waals surface area contributed by atoms with E-state index < -0.39 is 63.5 Å². The fraction of sp³-hybridized carbons (Fsp3) is 0.405. The van der Waals surface area contributed by atoms with Crippen molar-refractivity contribution in [3.8, 4) is 0 Å². The molecule has 0 aliphatic rings. The van der Waals surface area contributed by atoms with E-state index in [0.717, 1.165) is 34.3 Å². The van der Waals surface area contributed by atoms with E-state index in [1.54, 1.807) is 34.6 Å². The number of rotatable bonds is 17. The van der Waals surface area contributed by atoms with Gasteiger partial charge in [0.1, 0.15) is 17.7 Å². The zero-order valence-electron chi connectivity index (χ0n) is 30.4. The van der Waals surface area contributed by atoms with Crippen molar-refractivity contribution in [3.05, 3.63) is 101 Å². The highest BCUT2D eigenvalue weighted by Crippen LogP contribution is 2.22. The molecule has 0 fully saturated rings. The lowest BCUT2D eigenvalue weighted by atomic mass is 10.0. The van der Waals surface area contributed by atoms with Crippen LogP contribution in [-0.2, 0) is 26.0 Å². The molecule has 3 aromatic carbocycles. The second kappa shape index (κ2) is 18.6. The monoisotopic (exact) mass is 742 g/mol. The van der Waals surface area contributed by atoms with Crippen LogP contribution in [0, 0.1) is 17.6 Å². The number of carbonyl (C=O) groups excluding carboxylic acids is 4. The lowest BCUT2D eigenvalue weighted by Gasteiger charge is -2.25. The zero-order valence-corrected chi connectivity index (χ0v) is 31.2. The highest BCUT2D eigenvalue weighted by molar-refractivity contribution is 7.92. The molecule has 5 N–H and O–H groups in total. The molecule has 15 heteroatoms. The van der Waals surface area contributed by atoms with E-state index in [2.05, 4.69) is 26.6 Å². The van der Waals surface area contributed by atoms with Crippen molar-refractivity contribution in [1.29, 1.82) is 0 Å². The molecule has 0 aliphatic carbocycles. The molecule has 3 rings (SSSR count). The Kier molecular flexibility index (Phi) is 14.8. The van der Waals surface area contributed by atoms with Gasteiger partial charge in [-0.2, -0.15) is 0 Å². The predicted molar refractivity (Wildman–Crippen MR) is 196 cm³/mol. The van der Waals surface area contributed by atoms with Gasteiger partial charge in [-0.15, -0.1) is 0 Å². The molecule has 0 unspecified atom stereocenters. The standard InChI is InChI=1S/C37H48F2N6O6S/c1-8-40-37(49)33(22(2)3)44-34(46)24(5)41-21-31(16-25-14-29(38)20-30(39)15-25)43-36(48)28-17-27(18-32(19-28)45(6)52(7,50)51)35(47)42-23(4)26-12-10-9-11-13-26/h9-15,17-20,22-24,31,33,41H,8,16,21H2,1-7H3,(H,40,49)(H,42,47)(H,43,48)(H,44,46)/t23-,24+,31+,33+/m1/s1. The third-order valence-corrected chi connectivity index (χ3v) is 9.56. The van der Waals surface area contributed by atoms with Gasteiger partial charge in [-0.25, -0.2) is 17.2 Å². The van der Waals surface area contributed by atoms with Gasteiger partial charge < -0.3 is 26.6 Å². The van der Waals surface area contributed by atoms with Crippen molar-refractivity contribution in [3.63, 3.8) is 0 Å². The number of hydrogen-bond acceptors (Lipinski definition) is 7. The third-order valence-electron chi connectivity index (χ3n) is 8.35. The number of carbonyl (C=O) groups is 4. The summed E-state index contributed by atoms with van der Waals surface area (Å²) >= 11 is 0. The van der Waals surface area contributed by atoms with Gasteiger partial charge in [0, 0.05) is 43.4 Å². The van der Waals surface area contributed by atoms with Crippen molar-refractivity contribution in [1.82, 2.24) is 26.6 Å². The summed E-state index contributed by atoms with van der Waals surface area (Å²) in [7, 11) is -2.52. The first kappa shape index (κ1) is 41.5. The summed E-state index contributed by atoms with van der Waals surface area (Å²) in [6, 6.07) is 13.2. The van der Waals surface area contributed by atoms with Crippen LogP contribution in [-0.4, -0.2) is 76.6 Å². The summed E-state index contributed by atoms with van der Waals surface area (Å²) in [5.74, 6) is -3.93. The molecule has 0 bridgehead atoms. The number of benzene rings is 3. The summed E-state index contributed by atoms with van der Waals surface area (Å²) in [5.41, 5.74) is 1.05. The fourth-order valence-electron chi connectivity index (χ4n) is 5.32. The van der Waals surface area contributed by atoms with E-state index in [9.17, 15) is 36.4 Å². The fourth-order valence-corrected chi connectivity index (χ4v) is 5.81. The maximum atomic E-state index is 14.1. The van der Waals surface area contributed by atoms with E-state index in [1.165, 1.54) is 25.2 Å². The lowest BCUT2D eigenvalue weighted by Crippen LogP contribution is -2.55. The molecule has 0 saturated carbocycles. The molecule has 4 amide bonds. The maximum absolute atomic E-state index is 14.1. The molecule has 0 saturated heterocycles. The van der Waals surface area contributed by atoms with Crippen LogP contribution >= 0.6 is 0 Å². The van der Waals surface area contributed by atoms with Crippen LogP contribution in [0.3, 0.4) is 0 Å². The second-order valence-electron chi connectivity index (χ2n) is 13.0. The van der Waals surface area contributed by atoms with Crippen molar-refractivity contribution in [2.45, 2.75) is 65.2 Å². The molecule has 3 aromatic rings. The highest BCUT2D eigenvalue weighted by atomic mass is 32.2. The molecule has 52 heavy (non-hydrogen) atoms. The number of halogens is 2. The Hall–Kier alpha value is -4.89. The van der Waals surface area contributed by atoms with Crippen LogP contribution in [0.15, 0.2) is 66.7 Å². The molecule has 4 atom stereocenters. The molecule has 0 aliphatic heterocycles. The van der Waals surface area contributed by atoms with Crippen LogP contribution in [0.1, 0.15) is 72.5 Å². The van der Waals surface area contributed by atoms with Gasteiger partial charge in [-0.1, -0.05) is 44.2 Å². The maximum Gasteiger partial charge on any atom is 0.251 e. The average molecular weight is 743 g/mol. The average Bonchev–Trinajstić information content (AvgIpc) is 3.08. The highest BCUT2D eigenvalue weighted by Gasteiger charge is 2.27. The summed E-state index contributed by atoms with van der Waals surface area (Å²) in [6.07, 6.45) is 0.911. The summed E-state index contributed by atoms with van der Waals surface area (Å²) in [5, 5.41) is 14.1. The third kappa shape index (κ3) is 12.1. The Morgan fingerprint density at radius 3 is 1.90 bits per heavy atom. The molecular weight excluding hydrogens is 695 g/mol. The molecule has 0 radical (unpaired) electrons. The molecule has 0 spiro atoms. The summed E-state index contributed by atoms with van der Waals surface area (Å²) in [4.78, 5) is 52.9. The number of nitrogens with one attached hydrogen (secondary N) is 5. The molecule has 0 heterocycles. The first-order chi connectivity index (χ1) is 24.4. The largest absolute Gasteiger partial charge is 0.355 e. The predicted octanol–water partition coefficient (Wildman–Crippen LogP) is 3.45. The van der Waals surface area contributed by atoms with Crippen molar-refractivity contribution >= 4 is 39.3 Å². The lowest BCUT2D eigenvalue weighted by molar-refractivity contribution is -0.130. The van der Waals surface area contributed by atoms with Gasteiger partial charge in [0.2, 0.25) is 21.8 Å². The Labute approximate surface area is 304 Å². The number of hydrogen-bond donors (Lipinski definition) is 5. The number of nitrogens with zero attached hydrogens (tertiary/aromatic N) is 1. The second-order valence-corrected chi connectivity index (χ2v) is 15.0. The topological polar surface area (TPSA) is 166 Å². The van der Waals surface area contributed by atoms with E-state index in [4.69, 9.17) is 0 Å². The van der Waals surface area contributed by atoms with Crippen LogP contribution in [0.25, 0.3) is 0 Å². The van der Waals surface area contributed by atoms with Gasteiger partial charge in [0.25, 0.3) is 11.8 Å². The minimum atomic E-state index is -3.80. The van der Waals surface area contributed by atoms with E-state index >= 15 is 0 Å². The van der Waals surface area contributed by atoms with E-state index in [1.807, 2.05) is 30.3 Å². The number of amides is 4. The van der Waals surface area contributed by atoms with Gasteiger partial charge >= 0.3 is 0 Å². The Bertz CT molecular complexity index is 1820. The molecule has 12 nitrogen and oxygen atoms in total. The number of likely N-dealkylation sites (N-methyl/N-ethyl adjacent to an activating group) is 1. The van der Waals surface area contributed by atoms with E-state index in [0.29, 0.717) is 6.54 Å². The Morgan fingerprint density at radius 2 is 1.37 bits per heavy atom. The first-order valence-electron chi connectivity index (χ1n) is 16.9. The van der Waals surface area contributed by atoms with Crippen molar-refractivity contribution in [2.24, 2.45) is 5.92 Å². The Morgan fingerprint density at radius 1 is 0.788 bits per heavy atom. The summed E-state index contributed by atoms with van der Waals surface area (Å²) in [6.45, 7) is 9.04. The zero-order chi connectivity index (χ0) is 38.7. The van der Waals surface area contributed by atoms with Crippen LogP contribution in [0.5, 0.6) is 0 Å². The molecule has 0 aromatic heterocycles. The molecule has 282 valence electrons. The molecular formula is C37H48F2N6O6S. The quantitative estimate of drug-likeness (QED) is 0.141. The SMILES string of the molecule is CCNC(=O)[C@@H](NC(=O)[C@H](C)NC[C@H](Cc1cc(F)cc(F)c1)NC(=O)c1cc(C(=O)N[C@H](C)c2ccccc2)cc(N(C)S(C)(=O)=O)c1)C(C)C. The van der Waals surface area contributed by atoms with Gasteiger partial charge in [0.15, 0.2) is 0 Å². The van der Waals surface area contributed by atoms with Crippen LogP contribution in [0.2, 0.25) is 0 Å². The van der Waals surface area contributed by atoms with Gasteiger partial charge in [0.05, 0.1) is 24.0 Å². The van der Waals surface area contributed by atoms with Crippen LogP contribution < -0.4 is 30.9 Å². The van der Waals surface area contributed by atoms with Crippen molar-refractivity contribution < 1.29 is 36.4 Å². The Balaban J connectivity index is 1.91.